The predicted octanol–water partition coefficient (Wildman–Crippen LogP) is 2.39. The largest absolute Gasteiger partial charge is 0.394 e. The van der Waals surface area contributed by atoms with Crippen LogP contribution in [0.5, 0.6) is 0 Å². The third-order valence-electron chi connectivity index (χ3n) is 5.12. The van der Waals surface area contributed by atoms with E-state index in [4.69, 9.17) is 0 Å². The van der Waals surface area contributed by atoms with Crippen molar-refractivity contribution in [2.75, 3.05) is 19.7 Å². The Morgan fingerprint density at radius 1 is 1.37 bits per heavy atom. The molecule has 1 aliphatic heterocycles. The second kappa shape index (κ2) is 6.55. The Hall–Kier alpha value is -0.120. The average molecular weight is 268 g/mol. The number of piperidine rings is 1. The Bertz CT molecular complexity index is 282. The lowest BCUT2D eigenvalue weighted by atomic mass is 9.93. The molecule has 1 saturated heterocycles. The smallest absolute Gasteiger partial charge is 0.0614 e. The molecule has 0 amide bonds. The molecule has 1 saturated carbocycles. The normalized spacial score (nSPS) is 37.1. The van der Waals surface area contributed by atoms with E-state index in [0.29, 0.717) is 12.1 Å². The number of likely N-dealkylation sites (tertiary alicyclic amines) is 1. The highest BCUT2D eigenvalue weighted by Crippen LogP contribution is 2.35. The Balaban J connectivity index is 1.93. The average Bonchev–Trinajstić information content (AvgIpc) is 2.83. The van der Waals surface area contributed by atoms with E-state index in [9.17, 15) is 5.11 Å². The summed E-state index contributed by atoms with van der Waals surface area (Å²) in [5, 5.41) is 13.4. The topological polar surface area (TPSA) is 35.5 Å². The summed E-state index contributed by atoms with van der Waals surface area (Å²) in [6, 6.07) is 1.14. The molecule has 112 valence electrons. The van der Waals surface area contributed by atoms with Crippen LogP contribution in [-0.2, 0) is 0 Å². The third kappa shape index (κ3) is 3.71. The van der Waals surface area contributed by atoms with E-state index in [-0.39, 0.29) is 12.1 Å². The SMILES string of the molecule is CCC1CCCN(C2CCC(CO)(NC(C)C)C2)C1. The maximum absolute atomic E-state index is 9.80. The Labute approximate surface area is 118 Å². The standard InChI is InChI=1S/C16H32N2O/c1-4-14-6-5-9-18(11-14)15-7-8-16(10-15,12-19)17-13(2)3/h13-15,17,19H,4-12H2,1-3H3. The van der Waals surface area contributed by atoms with Crippen molar-refractivity contribution in [1.82, 2.24) is 10.2 Å². The molecule has 0 aromatic rings. The van der Waals surface area contributed by atoms with Crippen LogP contribution in [0.25, 0.3) is 0 Å². The zero-order valence-corrected chi connectivity index (χ0v) is 13.0. The molecule has 0 spiro atoms. The van der Waals surface area contributed by atoms with Gasteiger partial charge in [0.25, 0.3) is 0 Å². The van der Waals surface area contributed by atoms with E-state index in [0.717, 1.165) is 18.8 Å². The lowest BCUT2D eigenvalue weighted by Gasteiger charge is -2.38. The van der Waals surface area contributed by atoms with Crippen LogP contribution in [0, 0.1) is 5.92 Å². The molecule has 2 aliphatic rings. The zero-order chi connectivity index (χ0) is 13.9. The minimum atomic E-state index is -0.0159. The number of hydrogen-bond acceptors (Lipinski definition) is 3. The van der Waals surface area contributed by atoms with Crippen molar-refractivity contribution >= 4 is 0 Å². The predicted molar refractivity (Wildman–Crippen MR) is 80.3 cm³/mol. The summed E-state index contributed by atoms with van der Waals surface area (Å²) >= 11 is 0. The van der Waals surface area contributed by atoms with Gasteiger partial charge >= 0.3 is 0 Å². The van der Waals surface area contributed by atoms with Gasteiger partial charge in [-0.05, 0) is 44.6 Å². The number of nitrogens with zero attached hydrogens (tertiary/aromatic N) is 1. The Morgan fingerprint density at radius 2 is 2.16 bits per heavy atom. The van der Waals surface area contributed by atoms with Crippen molar-refractivity contribution in [3.8, 4) is 0 Å². The van der Waals surface area contributed by atoms with E-state index in [1.165, 1.54) is 38.8 Å². The molecule has 3 nitrogen and oxygen atoms in total. The van der Waals surface area contributed by atoms with E-state index in [2.05, 4.69) is 31.0 Å². The van der Waals surface area contributed by atoms with Crippen LogP contribution in [0.1, 0.15) is 59.3 Å². The molecule has 2 fully saturated rings. The van der Waals surface area contributed by atoms with Crippen LogP contribution < -0.4 is 5.32 Å². The fourth-order valence-electron chi connectivity index (χ4n) is 4.10. The highest BCUT2D eigenvalue weighted by Gasteiger charge is 2.41. The summed E-state index contributed by atoms with van der Waals surface area (Å²) < 4.78 is 0. The number of aliphatic hydroxyl groups is 1. The van der Waals surface area contributed by atoms with E-state index in [1.807, 2.05) is 0 Å². The highest BCUT2D eigenvalue weighted by atomic mass is 16.3. The monoisotopic (exact) mass is 268 g/mol. The first-order valence-electron chi connectivity index (χ1n) is 8.21. The van der Waals surface area contributed by atoms with E-state index >= 15 is 0 Å². The number of rotatable bonds is 5. The first-order valence-corrected chi connectivity index (χ1v) is 8.21. The summed E-state index contributed by atoms with van der Waals surface area (Å²) in [6.45, 7) is 9.51. The minimum absolute atomic E-state index is 0.0159. The zero-order valence-electron chi connectivity index (χ0n) is 13.0. The molecule has 0 radical (unpaired) electrons. The van der Waals surface area contributed by atoms with Gasteiger partial charge in [-0.25, -0.2) is 0 Å². The molecule has 2 N–H and O–H groups in total. The van der Waals surface area contributed by atoms with E-state index < -0.39 is 0 Å². The van der Waals surface area contributed by atoms with Gasteiger partial charge in [0.1, 0.15) is 0 Å². The summed E-state index contributed by atoms with van der Waals surface area (Å²) in [6.07, 6.45) is 7.58. The van der Waals surface area contributed by atoms with Gasteiger partial charge in [0.05, 0.1) is 6.61 Å². The van der Waals surface area contributed by atoms with Crippen molar-refractivity contribution in [1.29, 1.82) is 0 Å². The third-order valence-corrected chi connectivity index (χ3v) is 5.12. The fourth-order valence-corrected chi connectivity index (χ4v) is 4.10. The summed E-state index contributed by atoms with van der Waals surface area (Å²) in [7, 11) is 0. The molecule has 0 aromatic carbocycles. The second-order valence-corrected chi connectivity index (χ2v) is 7.05. The molecule has 0 aromatic heterocycles. The molecule has 3 heteroatoms. The van der Waals surface area contributed by atoms with Crippen LogP contribution in [0.4, 0.5) is 0 Å². The maximum atomic E-state index is 9.80. The fraction of sp³-hybridized carbons (Fsp3) is 1.00. The molecule has 0 bridgehead atoms. The van der Waals surface area contributed by atoms with Crippen LogP contribution in [0.2, 0.25) is 0 Å². The van der Waals surface area contributed by atoms with Crippen LogP contribution in [0.15, 0.2) is 0 Å². The highest BCUT2D eigenvalue weighted by molar-refractivity contribution is 5.00. The Morgan fingerprint density at radius 3 is 2.79 bits per heavy atom. The molecular weight excluding hydrogens is 236 g/mol. The van der Waals surface area contributed by atoms with Crippen molar-refractivity contribution in [3.63, 3.8) is 0 Å². The van der Waals surface area contributed by atoms with Crippen molar-refractivity contribution in [2.45, 2.75) is 76.9 Å². The second-order valence-electron chi connectivity index (χ2n) is 7.05. The molecule has 1 heterocycles. The summed E-state index contributed by atoms with van der Waals surface area (Å²) in [5.74, 6) is 0.899. The maximum Gasteiger partial charge on any atom is 0.0614 e. The van der Waals surface area contributed by atoms with Gasteiger partial charge in [-0.15, -0.1) is 0 Å². The molecule has 1 aliphatic carbocycles. The summed E-state index contributed by atoms with van der Waals surface area (Å²) in [4.78, 5) is 2.71. The van der Waals surface area contributed by atoms with Crippen LogP contribution >= 0.6 is 0 Å². The number of hydrogen-bond donors (Lipinski definition) is 2. The number of nitrogens with one attached hydrogen (secondary N) is 1. The molecule has 3 unspecified atom stereocenters. The van der Waals surface area contributed by atoms with Crippen LogP contribution in [-0.4, -0.2) is 47.3 Å². The quantitative estimate of drug-likeness (QED) is 0.803. The van der Waals surface area contributed by atoms with Gasteiger partial charge in [-0.3, -0.25) is 0 Å². The van der Waals surface area contributed by atoms with Crippen LogP contribution in [0.3, 0.4) is 0 Å². The molecular formula is C16H32N2O. The van der Waals surface area contributed by atoms with E-state index in [1.54, 1.807) is 0 Å². The van der Waals surface area contributed by atoms with Crippen molar-refractivity contribution < 1.29 is 5.11 Å². The van der Waals surface area contributed by atoms with Gasteiger partial charge in [-0.1, -0.05) is 27.2 Å². The van der Waals surface area contributed by atoms with Gasteiger partial charge in [0, 0.05) is 24.2 Å². The van der Waals surface area contributed by atoms with Crippen molar-refractivity contribution in [3.05, 3.63) is 0 Å². The Kier molecular flexibility index (Phi) is 5.27. The molecule has 3 atom stereocenters. The van der Waals surface area contributed by atoms with Gasteiger partial charge in [0.15, 0.2) is 0 Å². The minimum Gasteiger partial charge on any atom is -0.394 e. The molecule has 2 rings (SSSR count). The van der Waals surface area contributed by atoms with Gasteiger partial charge in [-0.2, -0.15) is 0 Å². The van der Waals surface area contributed by atoms with Gasteiger partial charge < -0.3 is 15.3 Å². The first kappa shape index (κ1) is 15.3. The number of aliphatic hydroxyl groups excluding tert-OH is 1. The lowest BCUT2D eigenvalue weighted by Crippen LogP contribution is -2.51. The molecule has 19 heavy (non-hydrogen) atoms. The summed E-state index contributed by atoms with van der Waals surface area (Å²) in [5.41, 5.74) is -0.0159. The van der Waals surface area contributed by atoms with Crippen molar-refractivity contribution in [2.24, 2.45) is 5.92 Å². The van der Waals surface area contributed by atoms with Gasteiger partial charge in [0.2, 0.25) is 0 Å². The first-order chi connectivity index (χ1) is 9.08. The lowest BCUT2D eigenvalue weighted by molar-refractivity contribution is 0.104.